The minimum absolute atomic E-state index is 0.194. The monoisotopic (exact) mass is 370 g/mol. The largest absolute Gasteiger partial charge is 0.383 e. The van der Waals surface area contributed by atoms with Crippen LogP contribution in [0, 0.1) is 0 Å². The summed E-state index contributed by atoms with van der Waals surface area (Å²) in [7, 11) is -0.742. The van der Waals surface area contributed by atoms with Gasteiger partial charge in [0, 0.05) is 25.2 Å². The van der Waals surface area contributed by atoms with Crippen molar-refractivity contribution in [1.29, 1.82) is 0 Å². The fourth-order valence-electron chi connectivity index (χ4n) is 1.24. The zero-order chi connectivity index (χ0) is 14.5. The molecule has 0 atom stereocenters. The van der Waals surface area contributed by atoms with E-state index in [0.717, 1.165) is 15.6 Å². The van der Waals surface area contributed by atoms with Crippen LogP contribution in [0.25, 0.3) is 0 Å². The second-order valence-electron chi connectivity index (χ2n) is 3.66. The third-order valence-corrected chi connectivity index (χ3v) is 6.67. The molecule has 19 heavy (non-hydrogen) atoms. The van der Waals surface area contributed by atoms with Crippen molar-refractivity contribution < 1.29 is 17.9 Å². The smallest absolute Gasteiger partial charge is 0.253 e. The van der Waals surface area contributed by atoms with E-state index in [9.17, 15) is 13.2 Å². The Morgan fingerprint density at radius 3 is 2.79 bits per heavy atom. The van der Waals surface area contributed by atoms with E-state index in [1.807, 2.05) is 0 Å². The molecule has 0 saturated heterocycles. The molecule has 0 aliphatic carbocycles. The molecule has 0 bridgehead atoms. The van der Waals surface area contributed by atoms with Gasteiger partial charge >= 0.3 is 0 Å². The van der Waals surface area contributed by atoms with Crippen molar-refractivity contribution >= 4 is 43.2 Å². The molecule has 1 amide bonds. The Hall–Kier alpha value is -0.480. The summed E-state index contributed by atoms with van der Waals surface area (Å²) in [6.45, 7) is 0.515. The van der Waals surface area contributed by atoms with Gasteiger partial charge in [0.25, 0.3) is 10.0 Å². The van der Waals surface area contributed by atoms with Crippen LogP contribution in [-0.4, -0.2) is 52.5 Å². The Balaban J connectivity index is 2.65. The van der Waals surface area contributed by atoms with E-state index in [4.69, 9.17) is 4.74 Å². The number of sulfonamides is 1. The van der Waals surface area contributed by atoms with E-state index in [-0.39, 0.29) is 16.7 Å². The quantitative estimate of drug-likeness (QED) is 0.723. The van der Waals surface area contributed by atoms with Crippen LogP contribution in [0.15, 0.2) is 20.1 Å². The number of methoxy groups -OCH3 is 1. The molecule has 1 N–H and O–H groups in total. The summed E-state index contributed by atoms with van der Waals surface area (Å²) >= 11 is 4.28. The number of hydrogen-bond donors (Lipinski definition) is 1. The summed E-state index contributed by atoms with van der Waals surface area (Å²) in [5.41, 5.74) is 0. The normalized spacial score (nSPS) is 11.8. The highest BCUT2D eigenvalue weighted by Gasteiger charge is 2.26. The minimum Gasteiger partial charge on any atom is -0.383 e. The SMILES string of the molecule is COCCNC(=O)CN(C)S(=O)(=O)c1sccc1Br. The summed E-state index contributed by atoms with van der Waals surface area (Å²) in [5, 5.41) is 4.24. The maximum Gasteiger partial charge on any atom is 0.253 e. The number of nitrogens with one attached hydrogen (secondary N) is 1. The second kappa shape index (κ2) is 7.34. The zero-order valence-electron chi connectivity index (χ0n) is 10.6. The van der Waals surface area contributed by atoms with Crippen LogP contribution < -0.4 is 5.32 Å². The van der Waals surface area contributed by atoms with Gasteiger partial charge in [0.1, 0.15) is 4.21 Å². The third-order valence-electron chi connectivity index (χ3n) is 2.22. The molecule has 1 rings (SSSR count). The predicted octanol–water partition coefficient (Wildman–Crippen LogP) is 0.894. The molecule has 108 valence electrons. The minimum atomic E-state index is -3.64. The number of ether oxygens (including phenoxy) is 1. The van der Waals surface area contributed by atoms with Crippen LogP contribution >= 0.6 is 27.3 Å². The van der Waals surface area contributed by atoms with Gasteiger partial charge < -0.3 is 10.1 Å². The lowest BCUT2D eigenvalue weighted by molar-refractivity contribution is -0.121. The number of likely N-dealkylation sites (N-methyl/N-ethyl adjacent to an activating group) is 1. The van der Waals surface area contributed by atoms with Crippen LogP contribution in [-0.2, 0) is 19.6 Å². The van der Waals surface area contributed by atoms with Crippen molar-refractivity contribution in [3.63, 3.8) is 0 Å². The molecule has 1 aromatic heterocycles. The third kappa shape index (κ3) is 4.53. The van der Waals surface area contributed by atoms with E-state index >= 15 is 0 Å². The van der Waals surface area contributed by atoms with E-state index in [2.05, 4.69) is 21.2 Å². The molecule has 0 radical (unpaired) electrons. The van der Waals surface area contributed by atoms with E-state index < -0.39 is 10.0 Å². The van der Waals surface area contributed by atoms with Crippen molar-refractivity contribution in [2.45, 2.75) is 4.21 Å². The molecule has 6 nitrogen and oxygen atoms in total. The summed E-state index contributed by atoms with van der Waals surface area (Å²) in [4.78, 5) is 11.5. The highest BCUT2D eigenvalue weighted by molar-refractivity contribution is 9.10. The Kier molecular flexibility index (Phi) is 6.40. The zero-order valence-corrected chi connectivity index (χ0v) is 13.8. The predicted molar refractivity (Wildman–Crippen MR) is 76.7 cm³/mol. The fraction of sp³-hybridized carbons (Fsp3) is 0.500. The van der Waals surface area contributed by atoms with E-state index in [1.165, 1.54) is 14.2 Å². The van der Waals surface area contributed by atoms with Crippen molar-refractivity contribution in [1.82, 2.24) is 9.62 Å². The fourth-order valence-corrected chi connectivity index (χ4v) is 4.87. The van der Waals surface area contributed by atoms with Crippen LogP contribution in [0.4, 0.5) is 0 Å². The van der Waals surface area contributed by atoms with E-state index in [0.29, 0.717) is 17.6 Å². The Morgan fingerprint density at radius 1 is 1.58 bits per heavy atom. The maximum atomic E-state index is 12.2. The molecule has 0 aliphatic heterocycles. The van der Waals surface area contributed by atoms with Gasteiger partial charge in [0.05, 0.1) is 13.2 Å². The summed E-state index contributed by atoms with van der Waals surface area (Å²) in [6.07, 6.45) is 0. The first-order valence-electron chi connectivity index (χ1n) is 5.34. The van der Waals surface area contributed by atoms with Crippen LogP contribution in [0.2, 0.25) is 0 Å². The summed E-state index contributed by atoms with van der Waals surface area (Å²) in [5.74, 6) is -0.365. The Bertz CT molecular complexity index is 529. The van der Waals surface area contributed by atoms with Crippen molar-refractivity contribution in [2.24, 2.45) is 0 Å². The van der Waals surface area contributed by atoms with Crippen molar-refractivity contribution in [3.05, 3.63) is 15.9 Å². The topological polar surface area (TPSA) is 75.7 Å². The number of halogens is 1. The van der Waals surface area contributed by atoms with Gasteiger partial charge in [0.15, 0.2) is 0 Å². The first-order chi connectivity index (χ1) is 8.89. The van der Waals surface area contributed by atoms with Crippen LogP contribution in [0.3, 0.4) is 0 Å². The first-order valence-corrected chi connectivity index (χ1v) is 8.46. The number of rotatable bonds is 7. The maximum absolute atomic E-state index is 12.2. The van der Waals surface area contributed by atoms with Gasteiger partial charge in [-0.25, -0.2) is 8.42 Å². The Morgan fingerprint density at radius 2 is 2.26 bits per heavy atom. The number of carbonyl (C=O) groups excluding carboxylic acids is 1. The van der Waals surface area contributed by atoms with Gasteiger partial charge in [0.2, 0.25) is 5.91 Å². The molecule has 0 unspecified atom stereocenters. The second-order valence-corrected chi connectivity index (χ2v) is 7.67. The average Bonchev–Trinajstić information content (AvgIpc) is 2.76. The Labute approximate surface area is 124 Å². The highest BCUT2D eigenvalue weighted by atomic mass is 79.9. The van der Waals surface area contributed by atoms with Gasteiger partial charge in [-0.1, -0.05) is 0 Å². The summed E-state index contributed by atoms with van der Waals surface area (Å²) < 4.78 is 30.9. The molecular formula is C10H15BrN2O4S2. The molecule has 9 heteroatoms. The van der Waals surface area contributed by atoms with Crippen molar-refractivity contribution in [3.8, 4) is 0 Å². The standard InChI is InChI=1S/C10H15BrN2O4S2/c1-13(7-9(14)12-4-5-17-2)19(15,16)10-8(11)3-6-18-10/h3,6H,4-5,7H2,1-2H3,(H,12,14). The molecule has 1 aromatic rings. The van der Waals surface area contributed by atoms with Gasteiger partial charge in [-0.2, -0.15) is 4.31 Å². The van der Waals surface area contributed by atoms with Gasteiger partial charge in [-0.15, -0.1) is 11.3 Å². The molecule has 0 fully saturated rings. The number of nitrogens with zero attached hydrogens (tertiary/aromatic N) is 1. The van der Waals surface area contributed by atoms with Crippen LogP contribution in [0.5, 0.6) is 0 Å². The van der Waals surface area contributed by atoms with Crippen molar-refractivity contribution in [2.75, 3.05) is 33.9 Å². The van der Waals surface area contributed by atoms with Gasteiger partial charge in [-0.05, 0) is 27.4 Å². The molecule has 0 aromatic carbocycles. The lowest BCUT2D eigenvalue weighted by atomic mass is 10.5. The average molecular weight is 371 g/mol. The number of amides is 1. The highest BCUT2D eigenvalue weighted by Crippen LogP contribution is 2.29. The van der Waals surface area contributed by atoms with E-state index in [1.54, 1.807) is 11.4 Å². The molecule has 0 spiro atoms. The molecule has 1 heterocycles. The molecule has 0 saturated carbocycles. The summed E-state index contributed by atoms with van der Waals surface area (Å²) in [6, 6.07) is 1.66. The lowest BCUT2D eigenvalue weighted by Gasteiger charge is -2.16. The molecular weight excluding hydrogens is 356 g/mol. The van der Waals surface area contributed by atoms with Gasteiger partial charge in [-0.3, -0.25) is 4.79 Å². The van der Waals surface area contributed by atoms with Crippen LogP contribution in [0.1, 0.15) is 0 Å². The molecule has 0 aliphatic rings. The number of thiophene rings is 1. The number of hydrogen-bond acceptors (Lipinski definition) is 5. The number of carbonyl (C=O) groups is 1. The first kappa shape index (κ1) is 16.6. The lowest BCUT2D eigenvalue weighted by Crippen LogP contribution is -2.39.